The van der Waals surface area contributed by atoms with E-state index in [-0.39, 0.29) is 23.4 Å². The Hall–Kier alpha value is -3.45. The van der Waals surface area contributed by atoms with Gasteiger partial charge >= 0.3 is 0 Å². The number of rotatable bonds is 5. The van der Waals surface area contributed by atoms with Gasteiger partial charge in [0.1, 0.15) is 11.3 Å². The van der Waals surface area contributed by atoms with E-state index in [0.717, 1.165) is 10.4 Å². The molecule has 0 atom stereocenters. The molecule has 2 aromatic carbocycles. The fraction of sp³-hybridized carbons (Fsp3) is 0.136. The van der Waals surface area contributed by atoms with E-state index in [0.29, 0.717) is 16.9 Å². The SMILES string of the molecule is CN(Cc1ccccc1O)C(=O)c1cnc2sc(Cc3ccccc3)cn2c1=O. The number of fused-ring (bicyclic) bond motifs is 1. The Balaban J connectivity index is 1.60. The molecule has 4 aromatic rings. The average Bonchev–Trinajstić information content (AvgIpc) is 3.14. The van der Waals surface area contributed by atoms with Crippen molar-refractivity contribution >= 4 is 22.2 Å². The van der Waals surface area contributed by atoms with Crippen molar-refractivity contribution in [3.8, 4) is 5.75 Å². The number of aromatic hydroxyl groups is 1. The monoisotopic (exact) mass is 405 g/mol. The first-order valence-corrected chi connectivity index (χ1v) is 9.91. The van der Waals surface area contributed by atoms with Gasteiger partial charge in [-0.3, -0.25) is 14.0 Å². The fourth-order valence-electron chi connectivity index (χ4n) is 3.13. The quantitative estimate of drug-likeness (QED) is 0.553. The van der Waals surface area contributed by atoms with Crippen LogP contribution >= 0.6 is 11.3 Å². The summed E-state index contributed by atoms with van der Waals surface area (Å²) >= 11 is 1.43. The molecule has 0 aliphatic heterocycles. The van der Waals surface area contributed by atoms with Crippen molar-refractivity contribution in [3.63, 3.8) is 0 Å². The molecule has 6 nitrogen and oxygen atoms in total. The van der Waals surface area contributed by atoms with Crippen LogP contribution in [0.1, 0.15) is 26.4 Å². The molecule has 29 heavy (non-hydrogen) atoms. The number of hydrogen-bond donors (Lipinski definition) is 1. The molecule has 0 aliphatic carbocycles. The van der Waals surface area contributed by atoms with E-state index in [1.165, 1.54) is 26.8 Å². The third kappa shape index (κ3) is 3.90. The lowest BCUT2D eigenvalue weighted by Crippen LogP contribution is -2.32. The van der Waals surface area contributed by atoms with Crippen LogP contribution in [0.5, 0.6) is 5.75 Å². The van der Waals surface area contributed by atoms with Crippen molar-refractivity contribution in [2.24, 2.45) is 0 Å². The topological polar surface area (TPSA) is 74.9 Å². The summed E-state index contributed by atoms with van der Waals surface area (Å²) in [7, 11) is 1.59. The molecular weight excluding hydrogens is 386 g/mol. The number of thiazole rings is 1. The highest BCUT2D eigenvalue weighted by Crippen LogP contribution is 2.20. The Morgan fingerprint density at radius 1 is 1.14 bits per heavy atom. The van der Waals surface area contributed by atoms with Gasteiger partial charge in [-0.2, -0.15) is 0 Å². The summed E-state index contributed by atoms with van der Waals surface area (Å²) in [5, 5.41) is 9.92. The zero-order valence-electron chi connectivity index (χ0n) is 15.8. The van der Waals surface area contributed by atoms with Crippen LogP contribution in [0, 0.1) is 0 Å². The van der Waals surface area contributed by atoms with Gasteiger partial charge < -0.3 is 10.0 Å². The third-order valence-corrected chi connectivity index (χ3v) is 5.65. The summed E-state index contributed by atoms with van der Waals surface area (Å²) in [4.78, 5) is 33.0. The molecular formula is C22H19N3O3S. The number of carbonyl (C=O) groups excluding carboxylic acids is 1. The summed E-state index contributed by atoms with van der Waals surface area (Å²) < 4.78 is 1.43. The van der Waals surface area contributed by atoms with E-state index in [2.05, 4.69) is 4.98 Å². The van der Waals surface area contributed by atoms with Crippen molar-refractivity contribution in [3.05, 3.63) is 98.9 Å². The summed E-state index contributed by atoms with van der Waals surface area (Å²) in [5.41, 5.74) is 1.37. The first-order chi connectivity index (χ1) is 14.0. The van der Waals surface area contributed by atoms with Crippen molar-refractivity contribution < 1.29 is 9.90 Å². The van der Waals surface area contributed by atoms with Crippen LogP contribution in [0.15, 0.2) is 71.8 Å². The molecule has 0 radical (unpaired) electrons. The van der Waals surface area contributed by atoms with Gasteiger partial charge in [-0.05, 0) is 11.6 Å². The summed E-state index contributed by atoms with van der Waals surface area (Å²) in [5.74, 6) is -0.322. The van der Waals surface area contributed by atoms with Crippen LogP contribution in [0.3, 0.4) is 0 Å². The number of amides is 1. The van der Waals surface area contributed by atoms with Gasteiger partial charge in [0.2, 0.25) is 0 Å². The van der Waals surface area contributed by atoms with Crippen LogP contribution in [-0.2, 0) is 13.0 Å². The van der Waals surface area contributed by atoms with Crippen LogP contribution in [0.2, 0.25) is 0 Å². The third-order valence-electron chi connectivity index (χ3n) is 4.65. The molecule has 0 saturated heterocycles. The standard InChI is InChI=1S/C22H19N3O3S/c1-24(13-16-9-5-6-10-19(16)26)20(27)18-12-23-22-25(21(18)28)14-17(29-22)11-15-7-3-2-4-8-15/h2-10,12,14,26H,11,13H2,1H3. The number of phenolic OH excluding ortho intramolecular Hbond substituents is 1. The number of carbonyl (C=O) groups is 1. The van der Waals surface area contributed by atoms with Gasteiger partial charge in [0.25, 0.3) is 11.5 Å². The largest absolute Gasteiger partial charge is 0.508 e. The normalized spacial score (nSPS) is 10.9. The van der Waals surface area contributed by atoms with Crippen LogP contribution in [-0.4, -0.2) is 32.3 Å². The summed E-state index contributed by atoms with van der Waals surface area (Å²) in [6, 6.07) is 16.8. The predicted molar refractivity (Wildman–Crippen MR) is 112 cm³/mol. The van der Waals surface area contributed by atoms with E-state index in [4.69, 9.17) is 0 Å². The molecule has 0 bridgehead atoms. The number of para-hydroxylation sites is 1. The first-order valence-electron chi connectivity index (χ1n) is 9.09. The zero-order chi connectivity index (χ0) is 20.4. The Labute approximate surface area is 171 Å². The number of aromatic nitrogens is 2. The Morgan fingerprint density at radius 2 is 1.86 bits per heavy atom. The fourth-order valence-corrected chi connectivity index (χ4v) is 4.10. The first kappa shape index (κ1) is 18.9. The lowest BCUT2D eigenvalue weighted by atomic mass is 10.1. The summed E-state index contributed by atoms with van der Waals surface area (Å²) in [6.45, 7) is 0.191. The molecule has 0 spiro atoms. The highest BCUT2D eigenvalue weighted by molar-refractivity contribution is 7.17. The minimum Gasteiger partial charge on any atom is -0.508 e. The van der Waals surface area contributed by atoms with Crippen molar-refractivity contribution in [2.45, 2.75) is 13.0 Å². The molecule has 0 saturated carbocycles. The second-order valence-electron chi connectivity index (χ2n) is 6.78. The zero-order valence-corrected chi connectivity index (χ0v) is 16.6. The van der Waals surface area contributed by atoms with E-state index in [1.807, 2.05) is 30.3 Å². The maximum atomic E-state index is 12.9. The van der Waals surface area contributed by atoms with Crippen molar-refractivity contribution in [1.82, 2.24) is 14.3 Å². The Morgan fingerprint density at radius 3 is 2.62 bits per heavy atom. The van der Waals surface area contributed by atoms with Crippen LogP contribution < -0.4 is 5.56 Å². The molecule has 7 heteroatoms. The molecule has 2 heterocycles. The van der Waals surface area contributed by atoms with Crippen molar-refractivity contribution in [1.29, 1.82) is 0 Å². The van der Waals surface area contributed by atoms with Gasteiger partial charge in [-0.15, -0.1) is 11.3 Å². The number of nitrogens with zero attached hydrogens (tertiary/aromatic N) is 3. The number of phenols is 1. The molecule has 0 aliphatic rings. The second-order valence-corrected chi connectivity index (χ2v) is 7.87. The van der Waals surface area contributed by atoms with Crippen LogP contribution in [0.4, 0.5) is 0 Å². The van der Waals surface area contributed by atoms with Gasteiger partial charge in [-0.1, -0.05) is 48.5 Å². The van der Waals surface area contributed by atoms with E-state index in [9.17, 15) is 14.7 Å². The van der Waals surface area contributed by atoms with Gasteiger partial charge in [-0.25, -0.2) is 4.98 Å². The minimum atomic E-state index is -0.434. The number of benzene rings is 2. The molecule has 4 rings (SSSR count). The number of hydrogen-bond acceptors (Lipinski definition) is 5. The average molecular weight is 405 g/mol. The van der Waals surface area contributed by atoms with Gasteiger partial charge in [0, 0.05) is 42.8 Å². The van der Waals surface area contributed by atoms with E-state index >= 15 is 0 Å². The van der Waals surface area contributed by atoms with Gasteiger partial charge in [0.15, 0.2) is 4.96 Å². The lowest BCUT2D eigenvalue weighted by Gasteiger charge is -2.17. The van der Waals surface area contributed by atoms with Crippen LogP contribution in [0.25, 0.3) is 4.96 Å². The molecule has 2 aromatic heterocycles. The highest BCUT2D eigenvalue weighted by atomic mass is 32.1. The van der Waals surface area contributed by atoms with Gasteiger partial charge in [0.05, 0.1) is 0 Å². The Kier molecular flexibility index (Phi) is 5.14. The van der Waals surface area contributed by atoms with E-state index in [1.54, 1.807) is 37.5 Å². The smallest absolute Gasteiger partial charge is 0.271 e. The minimum absolute atomic E-state index is 0.00415. The molecule has 1 N–H and O–H groups in total. The summed E-state index contributed by atoms with van der Waals surface area (Å²) in [6.07, 6.45) is 3.79. The molecule has 146 valence electrons. The lowest BCUT2D eigenvalue weighted by molar-refractivity contribution is 0.0782. The Bertz CT molecular complexity index is 1230. The molecule has 0 unspecified atom stereocenters. The van der Waals surface area contributed by atoms with E-state index < -0.39 is 5.91 Å². The maximum Gasteiger partial charge on any atom is 0.271 e. The van der Waals surface area contributed by atoms with Crippen molar-refractivity contribution in [2.75, 3.05) is 7.05 Å². The maximum absolute atomic E-state index is 12.9. The predicted octanol–water partition coefficient (Wildman–Crippen LogP) is 3.32. The second kappa shape index (κ2) is 7.89. The molecule has 0 fully saturated rings. The molecule has 1 amide bonds. The highest BCUT2D eigenvalue weighted by Gasteiger charge is 2.19.